The van der Waals surface area contributed by atoms with Crippen LogP contribution in [0.4, 0.5) is 5.69 Å². The van der Waals surface area contributed by atoms with Crippen molar-refractivity contribution in [1.29, 1.82) is 0 Å². The van der Waals surface area contributed by atoms with Crippen LogP contribution in [-0.2, 0) is 13.5 Å². The molecule has 0 aliphatic rings. The number of nitro benzene ring substituents is 1. The van der Waals surface area contributed by atoms with E-state index < -0.39 is 4.92 Å². The van der Waals surface area contributed by atoms with Gasteiger partial charge in [0.2, 0.25) is 5.78 Å². The van der Waals surface area contributed by atoms with Crippen molar-refractivity contribution in [1.82, 2.24) is 4.57 Å². The van der Waals surface area contributed by atoms with Gasteiger partial charge in [-0.05, 0) is 24.1 Å². The summed E-state index contributed by atoms with van der Waals surface area (Å²) in [7, 11) is 1.81. The van der Waals surface area contributed by atoms with Gasteiger partial charge in [0.15, 0.2) is 12.4 Å². The van der Waals surface area contributed by atoms with Crippen LogP contribution in [-0.4, -0.2) is 21.9 Å². The van der Waals surface area contributed by atoms with Crippen molar-refractivity contribution < 1.29 is 14.5 Å². The number of ketones is 1. The Hall–Kier alpha value is -2.63. The van der Waals surface area contributed by atoms with Gasteiger partial charge in [-0.3, -0.25) is 14.9 Å². The number of carbonyl (C=O) groups is 1. The third-order valence-electron chi connectivity index (χ3n) is 3.14. The van der Waals surface area contributed by atoms with Gasteiger partial charge in [-0.1, -0.05) is 13.0 Å². The highest BCUT2D eigenvalue weighted by Gasteiger charge is 2.17. The van der Waals surface area contributed by atoms with E-state index in [0.717, 1.165) is 5.56 Å². The molecule has 110 valence electrons. The fraction of sp³-hybridized carbons (Fsp3) is 0.267. The lowest BCUT2D eigenvalue weighted by Crippen LogP contribution is -2.12. The van der Waals surface area contributed by atoms with Crippen molar-refractivity contribution in [2.45, 2.75) is 13.3 Å². The quantitative estimate of drug-likeness (QED) is 0.465. The first-order valence-electron chi connectivity index (χ1n) is 6.56. The average Bonchev–Trinajstić information content (AvgIpc) is 2.91. The Balaban J connectivity index is 2.12. The predicted octanol–water partition coefficient (Wildman–Crippen LogP) is 2.76. The zero-order valence-electron chi connectivity index (χ0n) is 11.9. The van der Waals surface area contributed by atoms with Crippen molar-refractivity contribution in [3.8, 4) is 5.75 Å². The topological polar surface area (TPSA) is 74.4 Å². The fourth-order valence-electron chi connectivity index (χ4n) is 1.94. The van der Waals surface area contributed by atoms with Crippen molar-refractivity contribution >= 4 is 11.5 Å². The molecule has 1 heterocycles. The summed E-state index contributed by atoms with van der Waals surface area (Å²) in [6.45, 7) is 1.69. The minimum absolute atomic E-state index is 0.112. The van der Waals surface area contributed by atoms with Gasteiger partial charge in [0.05, 0.1) is 4.92 Å². The number of Topliss-reactive ketones (excluding diaryl/α,β-unsaturated/α-hetero) is 1. The summed E-state index contributed by atoms with van der Waals surface area (Å²) in [5.74, 6) is -0.106. The van der Waals surface area contributed by atoms with Crippen LogP contribution < -0.4 is 4.74 Å². The highest BCUT2D eigenvalue weighted by Crippen LogP contribution is 2.28. The van der Waals surface area contributed by atoms with Gasteiger partial charge >= 0.3 is 5.69 Å². The molecule has 1 aromatic carbocycles. The number of nitro groups is 1. The molecule has 0 spiro atoms. The first-order chi connectivity index (χ1) is 10.0. The van der Waals surface area contributed by atoms with E-state index in [4.69, 9.17) is 4.74 Å². The van der Waals surface area contributed by atoms with Crippen LogP contribution in [0.5, 0.6) is 5.75 Å². The summed E-state index contributed by atoms with van der Waals surface area (Å²) in [4.78, 5) is 22.5. The molecule has 0 fully saturated rings. The van der Waals surface area contributed by atoms with Crippen molar-refractivity contribution in [3.05, 3.63) is 57.9 Å². The second kappa shape index (κ2) is 6.21. The Morgan fingerprint density at radius 1 is 1.38 bits per heavy atom. The van der Waals surface area contributed by atoms with Crippen molar-refractivity contribution in [2.75, 3.05) is 6.61 Å². The van der Waals surface area contributed by atoms with Crippen LogP contribution in [0.3, 0.4) is 0 Å². The van der Waals surface area contributed by atoms with Crippen molar-refractivity contribution in [2.24, 2.45) is 7.05 Å². The zero-order valence-corrected chi connectivity index (χ0v) is 11.9. The summed E-state index contributed by atoms with van der Waals surface area (Å²) in [5.41, 5.74) is 1.25. The molecule has 1 aromatic heterocycles. The number of benzene rings is 1. The number of nitrogens with zero attached hydrogens (tertiary/aromatic N) is 2. The molecular formula is C15H16N2O4. The molecule has 0 aliphatic carbocycles. The Morgan fingerprint density at radius 3 is 2.71 bits per heavy atom. The fourth-order valence-corrected chi connectivity index (χ4v) is 1.94. The molecule has 0 aliphatic heterocycles. The van der Waals surface area contributed by atoms with E-state index in [9.17, 15) is 14.9 Å². The minimum atomic E-state index is -0.499. The molecule has 6 heteroatoms. The smallest absolute Gasteiger partial charge is 0.311 e. The molecule has 0 atom stereocenters. The summed E-state index contributed by atoms with van der Waals surface area (Å²) in [6.07, 6.45) is 4.13. The molecule has 0 N–H and O–H groups in total. The first kappa shape index (κ1) is 14.8. The molecule has 0 unspecified atom stereocenters. The highest BCUT2D eigenvalue weighted by molar-refractivity contribution is 5.97. The largest absolute Gasteiger partial charge is 0.478 e. The van der Waals surface area contributed by atoms with E-state index >= 15 is 0 Å². The van der Waals surface area contributed by atoms with Crippen LogP contribution in [0, 0.1) is 10.1 Å². The maximum absolute atomic E-state index is 11.9. The number of ether oxygens (including phenoxy) is 1. The monoisotopic (exact) mass is 288 g/mol. The van der Waals surface area contributed by atoms with E-state index in [2.05, 4.69) is 0 Å². The number of rotatable bonds is 6. The molecule has 0 bridgehead atoms. The lowest BCUT2D eigenvalue weighted by Gasteiger charge is -2.06. The lowest BCUT2D eigenvalue weighted by atomic mass is 10.1. The van der Waals surface area contributed by atoms with Gasteiger partial charge in [0.1, 0.15) is 0 Å². The van der Waals surface area contributed by atoms with Crippen LogP contribution in [0.1, 0.15) is 22.8 Å². The Morgan fingerprint density at radius 2 is 2.14 bits per heavy atom. The van der Waals surface area contributed by atoms with E-state index in [1.165, 1.54) is 12.1 Å². The maximum Gasteiger partial charge on any atom is 0.311 e. The number of aromatic nitrogens is 1. The Bertz CT molecular complexity index is 676. The number of hydrogen-bond donors (Lipinski definition) is 0. The second-order valence-electron chi connectivity index (χ2n) is 4.69. The summed E-state index contributed by atoms with van der Waals surface area (Å²) in [6, 6.07) is 6.45. The maximum atomic E-state index is 11.9. The predicted molar refractivity (Wildman–Crippen MR) is 77.7 cm³/mol. The zero-order chi connectivity index (χ0) is 15.4. The van der Waals surface area contributed by atoms with Gasteiger partial charge in [0.25, 0.3) is 0 Å². The van der Waals surface area contributed by atoms with Gasteiger partial charge in [0, 0.05) is 31.1 Å². The molecular weight excluding hydrogens is 272 g/mol. The second-order valence-corrected chi connectivity index (χ2v) is 4.69. The van der Waals surface area contributed by atoms with Crippen LogP contribution in [0.2, 0.25) is 0 Å². The molecule has 21 heavy (non-hydrogen) atoms. The van der Waals surface area contributed by atoms with Gasteiger partial charge < -0.3 is 9.30 Å². The summed E-state index contributed by atoms with van der Waals surface area (Å²) in [5, 5.41) is 11.0. The van der Waals surface area contributed by atoms with Gasteiger partial charge in [-0.2, -0.15) is 0 Å². The molecule has 0 amide bonds. The Kier molecular flexibility index (Phi) is 4.37. The molecule has 2 rings (SSSR count). The summed E-state index contributed by atoms with van der Waals surface area (Å²) >= 11 is 0. The third kappa shape index (κ3) is 3.47. The first-order valence-corrected chi connectivity index (χ1v) is 6.56. The van der Waals surface area contributed by atoms with Crippen LogP contribution >= 0.6 is 0 Å². The third-order valence-corrected chi connectivity index (χ3v) is 3.14. The van der Waals surface area contributed by atoms with E-state index in [0.29, 0.717) is 12.0 Å². The van der Waals surface area contributed by atoms with Gasteiger partial charge in [-0.25, -0.2) is 0 Å². The van der Waals surface area contributed by atoms with Crippen LogP contribution in [0.15, 0.2) is 36.7 Å². The average molecular weight is 288 g/mol. The van der Waals surface area contributed by atoms with E-state index in [1.54, 1.807) is 29.1 Å². The molecule has 0 saturated carbocycles. The Labute approximate surface area is 122 Å². The molecule has 2 aromatic rings. The van der Waals surface area contributed by atoms with Crippen LogP contribution in [0.25, 0.3) is 0 Å². The van der Waals surface area contributed by atoms with E-state index in [1.807, 2.05) is 14.0 Å². The number of carbonyl (C=O) groups excluding carboxylic acids is 1. The SMILES string of the molecule is CCc1ccc(OCC(=O)c2ccn(C)c2)c([N+](=O)[O-])c1. The minimum Gasteiger partial charge on any atom is -0.478 e. The normalized spacial score (nSPS) is 10.4. The molecule has 0 saturated heterocycles. The standard InChI is InChI=1S/C15H16N2O4/c1-3-11-4-5-15(13(8-11)17(19)20)21-10-14(18)12-6-7-16(2)9-12/h4-9H,3,10H2,1-2H3. The molecule has 6 nitrogen and oxygen atoms in total. The van der Waals surface area contributed by atoms with Gasteiger partial charge in [-0.15, -0.1) is 0 Å². The van der Waals surface area contributed by atoms with Crippen molar-refractivity contribution in [3.63, 3.8) is 0 Å². The molecule has 0 radical (unpaired) electrons. The highest BCUT2D eigenvalue weighted by atomic mass is 16.6. The van der Waals surface area contributed by atoms with E-state index in [-0.39, 0.29) is 23.8 Å². The summed E-state index contributed by atoms with van der Waals surface area (Å²) < 4.78 is 7.08. The number of hydrogen-bond acceptors (Lipinski definition) is 4. The lowest BCUT2D eigenvalue weighted by molar-refractivity contribution is -0.385. The number of aryl methyl sites for hydroxylation is 2.